The summed E-state index contributed by atoms with van der Waals surface area (Å²) in [6, 6.07) is 11.9. The molecule has 2 aromatic carbocycles. The molecule has 0 fully saturated rings. The lowest BCUT2D eigenvalue weighted by molar-refractivity contribution is -0.385. The van der Waals surface area contributed by atoms with Gasteiger partial charge in [0.05, 0.1) is 27.1 Å². The highest BCUT2D eigenvalue weighted by atomic mass is 32.2. The average Bonchev–Trinajstić information content (AvgIpc) is 2.57. The summed E-state index contributed by atoms with van der Waals surface area (Å²) in [5.74, 6) is -0.592. The van der Waals surface area contributed by atoms with E-state index in [1.807, 2.05) is 24.3 Å². The van der Waals surface area contributed by atoms with Crippen LogP contribution in [0.4, 0.5) is 17.1 Å². The van der Waals surface area contributed by atoms with Crippen LogP contribution in [0.15, 0.2) is 47.4 Å². The van der Waals surface area contributed by atoms with Crippen LogP contribution < -0.4 is 10.6 Å². The Hall–Kier alpha value is -2.87. The first-order valence-corrected chi connectivity index (χ1v) is 8.44. The second kappa shape index (κ2) is 6.94. The van der Waals surface area contributed by atoms with E-state index in [1.165, 1.54) is 23.9 Å². The molecule has 1 heterocycles. The summed E-state index contributed by atoms with van der Waals surface area (Å²) >= 11 is 1.34. The molecule has 0 spiro atoms. The first-order chi connectivity index (χ1) is 12.0. The summed E-state index contributed by atoms with van der Waals surface area (Å²) in [6.07, 6.45) is -0.0209. The van der Waals surface area contributed by atoms with Crippen LogP contribution in [0.2, 0.25) is 0 Å². The van der Waals surface area contributed by atoms with E-state index in [0.717, 1.165) is 10.6 Å². The van der Waals surface area contributed by atoms with Gasteiger partial charge in [-0.15, -0.1) is 11.8 Å². The molecule has 2 N–H and O–H groups in total. The zero-order valence-corrected chi connectivity index (χ0v) is 14.1. The van der Waals surface area contributed by atoms with Crippen molar-refractivity contribution in [2.75, 3.05) is 10.6 Å². The molecule has 25 heavy (non-hydrogen) atoms. The Morgan fingerprint density at radius 1 is 1.28 bits per heavy atom. The van der Waals surface area contributed by atoms with Crippen molar-refractivity contribution < 1.29 is 14.5 Å². The molecule has 0 saturated heterocycles. The van der Waals surface area contributed by atoms with E-state index in [9.17, 15) is 19.7 Å². The Bertz CT molecular complexity index is 869. The van der Waals surface area contributed by atoms with Crippen molar-refractivity contribution in [3.63, 3.8) is 0 Å². The van der Waals surface area contributed by atoms with E-state index in [2.05, 4.69) is 10.6 Å². The van der Waals surface area contributed by atoms with E-state index in [1.54, 1.807) is 13.0 Å². The second-order valence-corrected chi connectivity index (χ2v) is 6.80. The van der Waals surface area contributed by atoms with Crippen LogP contribution in [-0.2, 0) is 9.59 Å². The quantitative estimate of drug-likeness (QED) is 0.645. The van der Waals surface area contributed by atoms with Crippen LogP contribution in [-0.4, -0.2) is 22.0 Å². The van der Waals surface area contributed by atoms with Crippen LogP contribution in [0.3, 0.4) is 0 Å². The third kappa shape index (κ3) is 3.63. The number of fused-ring (bicyclic) bond motifs is 1. The number of nitrogens with one attached hydrogen (secondary N) is 2. The largest absolute Gasteiger partial charge is 0.326 e. The fourth-order valence-corrected chi connectivity index (χ4v) is 3.66. The minimum absolute atomic E-state index is 0.0209. The van der Waals surface area contributed by atoms with Crippen molar-refractivity contribution in [2.24, 2.45) is 0 Å². The van der Waals surface area contributed by atoms with Gasteiger partial charge in [0.1, 0.15) is 0 Å². The predicted molar refractivity (Wildman–Crippen MR) is 95.8 cm³/mol. The number of carbonyl (C=O) groups is 2. The first-order valence-electron chi connectivity index (χ1n) is 7.56. The smallest absolute Gasteiger partial charge is 0.274 e. The maximum absolute atomic E-state index is 12.3. The number of hydrogen-bond donors (Lipinski definition) is 2. The van der Waals surface area contributed by atoms with Crippen LogP contribution in [0.1, 0.15) is 12.0 Å². The molecule has 0 aliphatic carbocycles. The van der Waals surface area contributed by atoms with E-state index in [4.69, 9.17) is 0 Å². The van der Waals surface area contributed by atoms with Gasteiger partial charge < -0.3 is 10.6 Å². The fourth-order valence-electron chi connectivity index (χ4n) is 2.55. The van der Waals surface area contributed by atoms with Gasteiger partial charge >= 0.3 is 0 Å². The van der Waals surface area contributed by atoms with Crippen LogP contribution >= 0.6 is 11.8 Å². The molecule has 2 aromatic rings. The lowest BCUT2D eigenvalue weighted by Gasteiger charge is -2.23. The molecule has 1 aliphatic rings. The van der Waals surface area contributed by atoms with Crippen molar-refractivity contribution in [2.45, 2.75) is 23.5 Å². The molecule has 0 bridgehead atoms. The first kappa shape index (κ1) is 17.0. The van der Waals surface area contributed by atoms with E-state index >= 15 is 0 Å². The van der Waals surface area contributed by atoms with Gasteiger partial charge in [0.25, 0.3) is 5.69 Å². The monoisotopic (exact) mass is 357 g/mol. The maximum Gasteiger partial charge on any atom is 0.274 e. The van der Waals surface area contributed by atoms with Gasteiger partial charge in [0, 0.05) is 17.4 Å². The summed E-state index contributed by atoms with van der Waals surface area (Å²) in [5.41, 5.74) is 1.44. The standard InChI is InChI=1S/C17H15N3O4S/c1-10-11(6-4-7-13(10)20(23)24)18-16(21)9-15-17(22)19-12-5-2-3-8-14(12)25-15/h2-8,15H,9H2,1H3,(H,18,21)(H,19,22)/t15-/m0/s1. The number of amides is 2. The molecule has 2 amide bonds. The Kier molecular flexibility index (Phi) is 4.71. The topological polar surface area (TPSA) is 101 Å². The third-order valence-corrected chi connectivity index (χ3v) is 5.13. The number of benzene rings is 2. The van der Waals surface area contributed by atoms with Crippen molar-refractivity contribution in [3.8, 4) is 0 Å². The maximum atomic E-state index is 12.3. The summed E-state index contributed by atoms with van der Waals surface area (Å²) in [7, 11) is 0. The molecule has 128 valence electrons. The van der Waals surface area contributed by atoms with Gasteiger partial charge in [-0.3, -0.25) is 19.7 Å². The number of nitro groups is 1. The number of hydrogen-bond acceptors (Lipinski definition) is 5. The number of nitro benzene ring substituents is 1. The fraction of sp³-hybridized carbons (Fsp3) is 0.176. The minimum atomic E-state index is -0.547. The van der Waals surface area contributed by atoms with E-state index in [-0.39, 0.29) is 23.9 Å². The summed E-state index contributed by atoms with van der Waals surface area (Å²) < 4.78 is 0. The van der Waals surface area contributed by atoms with Crippen molar-refractivity contribution >= 4 is 40.6 Å². The molecule has 0 radical (unpaired) electrons. The average molecular weight is 357 g/mol. The number of anilines is 2. The minimum Gasteiger partial charge on any atom is -0.326 e. The van der Waals surface area contributed by atoms with Crippen LogP contribution in [0.5, 0.6) is 0 Å². The van der Waals surface area contributed by atoms with E-state index < -0.39 is 10.2 Å². The Morgan fingerprint density at radius 2 is 2.04 bits per heavy atom. The normalized spacial score (nSPS) is 15.9. The molecule has 0 aromatic heterocycles. The second-order valence-electron chi connectivity index (χ2n) is 5.55. The lowest BCUT2D eigenvalue weighted by atomic mass is 10.1. The summed E-state index contributed by atoms with van der Waals surface area (Å²) in [6.45, 7) is 1.58. The van der Waals surface area contributed by atoms with E-state index in [0.29, 0.717) is 11.3 Å². The lowest BCUT2D eigenvalue weighted by Crippen LogP contribution is -2.32. The molecule has 0 unspecified atom stereocenters. The summed E-state index contributed by atoms with van der Waals surface area (Å²) in [5, 5.41) is 15.9. The van der Waals surface area contributed by atoms with Gasteiger partial charge in [-0.05, 0) is 25.1 Å². The van der Waals surface area contributed by atoms with Gasteiger partial charge in [-0.2, -0.15) is 0 Å². The Balaban J connectivity index is 1.71. The molecule has 1 atom stereocenters. The number of nitrogens with zero attached hydrogens (tertiary/aromatic N) is 1. The van der Waals surface area contributed by atoms with Gasteiger partial charge in [0.2, 0.25) is 11.8 Å². The molecule has 3 rings (SSSR count). The predicted octanol–water partition coefficient (Wildman–Crippen LogP) is 3.34. The van der Waals surface area contributed by atoms with Crippen molar-refractivity contribution in [3.05, 3.63) is 58.1 Å². The molecular weight excluding hydrogens is 342 g/mol. The zero-order chi connectivity index (χ0) is 18.0. The zero-order valence-electron chi connectivity index (χ0n) is 13.3. The van der Waals surface area contributed by atoms with Crippen molar-refractivity contribution in [1.82, 2.24) is 0 Å². The van der Waals surface area contributed by atoms with Gasteiger partial charge in [0.15, 0.2) is 0 Å². The molecule has 0 saturated carbocycles. The summed E-state index contributed by atoms with van der Waals surface area (Å²) in [4.78, 5) is 35.8. The van der Waals surface area contributed by atoms with Crippen LogP contribution in [0.25, 0.3) is 0 Å². The molecule has 7 nitrogen and oxygen atoms in total. The number of para-hydroxylation sites is 1. The van der Waals surface area contributed by atoms with Crippen molar-refractivity contribution in [1.29, 1.82) is 0 Å². The van der Waals surface area contributed by atoms with Crippen LogP contribution in [0, 0.1) is 17.0 Å². The highest BCUT2D eigenvalue weighted by molar-refractivity contribution is 8.01. The Morgan fingerprint density at radius 3 is 2.80 bits per heavy atom. The van der Waals surface area contributed by atoms with Gasteiger partial charge in [-0.1, -0.05) is 18.2 Å². The Labute approximate surface area is 148 Å². The number of carbonyl (C=O) groups excluding carboxylic acids is 2. The SMILES string of the molecule is Cc1c(NC(=O)C[C@@H]2Sc3ccccc3NC2=O)cccc1[N+](=O)[O-]. The molecule has 1 aliphatic heterocycles. The number of thioether (sulfide) groups is 1. The number of rotatable bonds is 4. The highest BCUT2D eigenvalue weighted by Gasteiger charge is 2.29. The third-order valence-electron chi connectivity index (χ3n) is 3.85. The highest BCUT2D eigenvalue weighted by Crippen LogP contribution is 2.36. The molecule has 8 heteroatoms. The van der Waals surface area contributed by atoms with Gasteiger partial charge in [-0.25, -0.2) is 0 Å². The molecular formula is C17H15N3O4S.